The van der Waals surface area contributed by atoms with Crippen molar-refractivity contribution in [3.8, 4) is 0 Å². The van der Waals surface area contributed by atoms with E-state index in [9.17, 15) is 4.79 Å². The zero-order valence-corrected chi connectivity index (χ0v) is 12.0. The summed E-state index contributed by atoms with van der Waals surface area (Å²) in [4.78, 5) is 22.0. The fraction of sp³-hybridized carbons (Fsp3) is 0.615. The maximum atomic E-state index is 12.1. The summed E-state index contributed by atoms with van der Waals surface area (Å²) >= 11 is 5.90. The van der Waals surface area contributed by atoms with Crippen molar-refractivity contribution in [1.29, 1.82) is 0 Å². The van der Waals surface area contributed by atoms with E-state index in [1.807, 2.05) is 4.90 Å². The van der Waals surface area contributed by atoms with Crippen molar-refractivity contribution in [3.05, 3.63) is 23.2 Å². The van der Waals surface area contributed by atoms with E-state index in [2.05, 4.69) is 29.1 Å². The Morgan fingerprint density at radius 3 is 2.63 bits per heavy atom. The van der Waals surface area contributed by atoms with Gasteiger partial charge in [-0.1, -0.05) is 25.4 Å². The van der Waals surface area contributed by atoms with Crippen LogP contribution >= 0.6 is 11.6 Å². The van der Waals surface area contributed by atoms with E-state index < -0.39 is 0 Å². The first kappa shape index (κ1) is 14.1. The summed E-state index contributed by atoms with van der Waals surface area (Å²) in [6.45, 7) is 6.28. The number of rotatable bonds is 2. The number of likely N-dealkylation sites (tertiary alicyclic amines) is 1. The predicted octanol–water partition coefficient (Wildman–Crippen LogP) is 2.32. The smallest absolute Gasteiger partial charge is 0.317 e. The summed E-state index contributed by atoms with van der Waals surface area (Å²) in [6, 6.07) is -0.0554. The molecule has 6 heteroatoms. The van der Waals surface area contributed by atoms with Crippen LogP contribution in [-0.4, -0.2) is 34.0 Å². The number of carbonyl (C=O) groups excluding carboxylic acids is 1. The average molecular weight is 283 g/mol. The lowest BCUT2D eigenvalue weighted by atomic mass is 9.92. The fourth-order valence-electron chi connectivity index (χ4n) is 2.57. The van der Waals surface area contributed by atoms with Gasteiger partial charge >= 0.3 is 6.03 Å². The summed E-state index contributed by atoms with van der Waals surface area (Å²) < 4.78 is 0. The van der Waals surface area contributed by atoms with Crippen LogP contribution in [-0.2, 0) is 6.54 Å². The second-order valence-electron chi connectivity index (χ2n) is 5.30. The first-order valence-electron chi connectivity index (χ1n) is 6.54. The van der Waals surface area contributed by atoms with Crippen LogP contribution in [0.5, 0.6) is 0 Å². The Kier molecular flexibility index (Phi) is 4.58. The third-order valence-corrected chi connectivity index (χ3v) is 3.60. The molecule has 0 bridgehead atoms. The minimum Gasteiger partial charge on any atom is -0.332 e. The Hall–Kier alpha value is -1.36. The Labute approximate surface area is 118 Å². The minimum absolute atomic E-state index is 0.0554. The molecule has 2 rings (SSSR count). The number of aromatic nitrogens is 2. The predicted molar refractivity (Wildman–Crippen MR) is 73.8 cm³/mol. The molecule has 1 aliphatic rings. The summed E-state index contributed by atoms with van der Waals surface area (Å²) in [5.41, 5.74) is 0.593. The molecule has 0 aromatic carbocycles. The number of hydrogen-bond acceptors (Lipinski definition) is 3. The Morgan fingerprint density at radius 2 is 2.00 bits per heavy atom. The number of hydrogen-bond donors (Lipinski definition) is 1. The molecule has 0 spiro atoms. The number of halogens is 1. The van der Waals surface area contributed by atoms with E-state index in [0.717, 1.165) is 13.1 Å². The molecule has 0 aliphatic carbocycles. The molecule has 2 heterocycles. The highest BCUT2D eigenvalue weighted by Gasteiger charge is 2.25. The molecule has 1 aliphatic heterocycles. The van der Waals surface area contributed by atoms with Crippen LogP contribution in [0.3, 0.4) is 0 Å². The third-order valence-electron chi connectivity index (χ3n) is 3.29. The van der Waals surface area contributed by atoms with E-state index in [4.69, 9.17) is 11.6 Å². The summed E-state index contributed by atoms with van der Waals surface area (Å²) in [7, 11) is 0. The molecule has 1 fully saturated rings. The van der Waals surface area contributed by atoms with Gasteiger partial charge in [0.2, 0.25) is 0 Å². The van der Waals surface area contributed by atoms with Crippen LogP contribution in [0, 0.1) is 11.8 Å². The van der Waals surface area contributed by atoms with Gasteiger partial charge < -0.3 is 10.2 Å². The minimum atomic E-state index is -0.0554. The van der Waals surface area contributed by atoms with Crippen molar-refractivity contribution in [2.24, 2.45) is 11.8 Å². The second kappa shape index (κ2) is 6.19. The van der Waals surface area contributed by atoms with Crippen LogP contribution in [0.25, 0.3) is 0 Å². The van der Waals surface area contributed by atoms with Crippen LogP contribution < -0.4 is 5.32 Å². The molecule has 0 unspecified atom stereocenters. The number of amides is 2. The number of nitrogens with one attached hydrogen (secondary N) is 1. The number of urea groups is 1. The highest BCUT2D eigenvalue weighted by Crippen LogP contribution is 2.20. The van der Waals surface area contributed by atoms with Crippen molar-refractivity contribution >= 4 is 17.6 Å². The van der Waals surface area contributed by atoms with Crippen molar-refractivity contribution < 1.29 is 4.79 Å². The molecule has 1 aromatic heterocycles. The van der Waals surface area contributed by atoms with Gasteiger partial charge in [-0.3, -0.25) is 4.98 Å². The molecule has 1 saturated heterocycles. The maximum absolute atomic E-state index is 12.1. The van der Waals surface area contributed by atoms with Gasteiger partial charge in [0, 0.05) is 25.5 Å². The zero-order valence-electron chi connectivity index (χ0n) is 11.3. The van der Waals surface area contributed by atoms with E-state index in [-0.39, 0.29) is 6.03 Å². The Bertz CT molecular complexity index is 444. The molecule has 104 valence electrons. The van der Waals surface area contributed by atoms with E-state index in [1.165, 1.54) is 12.6 Å². The summed E-state index contributed by atoms with van der Waals surface area (Å²) in [5.74, 6) is 1.10. The van der Waals surface area contributed by atoms with Gasteiger partial charge in [-0.25, -0.2) is 9.78 Å². The van der Waals surface area contributed by atoms with Gasteiger partial charge in [-0.15, -0.1) is 0 Å². The highest BCUT2D eigenvalue weighted by atomic mass is 35.5. The van der Waals surface area contributed by atoms with Gasteiger partial charge in [-0.05, 0) is 18.3 Å². The van der Waals surface area contributed by atoms with Crippen molar-refractivity contribution in [2.45, 2.75) is 26.8 Å². The maximum Gasteiger partial charge on any atom is 0.317 e. The number of carbonyl (C=O) groups is 1. The SMILES string of the molecule is C[C@@H]1C[C@H](C)CN(C(=O)NCc2nccnc2Cl)C1. The molecule has 1 N–H and O–H groups in total. The normalized spacial score (nSPS) is 23.2. The molecular weight excluding hydrogens is 264 g/mol. The first-order valence-corrected chi connectivity index (χ1v) is 6.92. The topological polar surface area (TPSA) is 58.1 Å². The molecule has 19 heavy (non-hydrogen) atoms. The highest BCUT2D eigenvalue weighted by molar-refractivity contribution is 6.29. The number of nitrogens with zero attached hydrogens (tertiary/aromatic N) is 3. The third kappa shape index (κ3) is 3.80. The van der Waals surface area contributed by atoms with E-state index >= 15 is 0 Å². The zero-order chi connectivity index (χ0) is 13.8. The monoisotopic (exact) mass is 282 g/mol. The first-order chi connectivity index (χ1) is 9.06. The average Bonchev–Trinajstić information content (AvgIpc) is 2.36. The van der Waals surface area contributed by atoms with Gasteiger partial charge in [-0.2, -0.15) is 0 Å². The summed E-state index contributed by atoms with van der Waals surface area (Å²) in [6.07, 6.45) is 4.28. The number of piperidine rings is 1. The van der Waals surface area contributed by atoms with Crippen molar-refractivity contribution in [3.63, 3.8) is 0 Å². The molecule has 2 amide bonds. The van der Waals surface area contributed by atoms with E-state index in [1.54, 1.807) is 6.20 Å². The fourth-order valence-corrected chi connectivity index (χ4v) is 2.74. The molecule has 1 aromatic rings. The van der Waals surface area contributed by atoms with Gasteiger partial charge in [0.25, 0.3) is 0 Å². The standard InChI is InChI=1S/C13H19ClN4O/c1-9-5-10(2)8-18(7-9)13(19)17-6-11-12(14)16-4-3-15-11/h3-4,9-10H,5-8H2,1-2H3,(H,17,19)/t9-,10+. The largest absolute Gasteiger partial charge is 0.332 e. The molecule has 5 nitrogen and oxygen atoms in total. The Balaban J connectivity index is 1.89. The van der Waals surface area contributed by atoms with Crippen LogP contribution in [0.4, 0.5) is 4.79 Å². The van der Waals surface area contributed by atoms with Crippen LogP contribution in [0.15, 0.2) is 12.4 Å². The van der Waals surface area contributed by atoms with Crippen molar-refractivity contribution in [2.75, 3.05) is 13.1 Å². The molecule has 2 atom stereocenters. The van der Waals surface area contributed by atoms with Gasteiger partial charge in [0.1, 0.15) is 0 Å². The van der Waals surface area contributed by atoms with Gasteiger partial charge in [0.15, 0.2) is 5.15 Å². The Morgan fingerprint density at radius 1 is 1.37 bits per heavy atom. The second-order valence-corrected chi connectivity index (χ2v) is 5.66. The molecule has 0 radical (unpaired) electrons. The molecule has 0 saturated carbocycles. The molecular formula is C13H19ClN4O. The van der Waals surface area contributed by atoms with E-state index in [0.29, 0.717) is 29.2 Å². The summed E-state index contributed by atoms with van der Waals surface area (Å²) in [5, 5.41) is 3.19. The van der Waals surface area contributed by atoms with Crippen molar-refractivity contribution in [1.82, 2.24) is 20.2 Å². The quantitative estimate of drug-likeness (QED) is 0.906. The lowest BCUT2D eigenvalue weighted by Gasteiger charge is -2.34. The lowest BCUT2D eigenvalue weighted by molar-refractivity contribution is 0.146. The lowest BCUT2D eigenvalue weighted by Crippen LogP contribution is -2.47. The van der Waals surface area contributed by atoms with Gasteiger partial charge in [0.05, 0.1) is 12.2 Å². The van der Waals surface area contributed by atoms with Crippen LogP contribution in [0.2, 0.25) is 5.15 Å². The van der Waals surface area contributed by atoms with Crippen LogP contribution in [0.1, 0.15) is 26.0 Å².